The van der Waals surface area contributed by atoms with Crippen LogP contribution < -0.4 is 5.32 Å². The number of amides is 4. The number of urea groups is 1. The van der Waals surface area contributed by atoms with E-state index < -0.39 is 11.6 Å². The van der Waals surface area contributed by atoms with Gasteiger partial charge in [0.15, 0.2) is 0 Å². The Hall–Kier alpha value is -2.57. The fourth-order valence-corrected chi connectivity index (χ4v) is 4.83. The number of rotatable bonds is 5. The van der Waals surface area contributed by atoms with Crippen molar-refractivity contribution >= 4 is 17.8 Å². The summed E-state index contributed by atoms with van der Waals surface area (Å²) in [5, 5.41) is 2.92. The number of nitrogens with zero attached hydrogens (tertiary/aromatic N) is 2. The third-order valence-corrected chi connectivity index (χ3v) is 6.60. The van der Waals surface area contributed by atoms with Crippen LogP contribution in [0.3, 0.4) is 0 Å². The Morgan fingerprint density at radius 3 is 2.86 bits per heavy atom. The Balaban J connectivity index is 1.53. The summed E-state index contributed by atoms with van der Waals surface area (Å²) in [4.78, 5) is 41.9. The first-order chi connectivity index (χ1) is 14.0. The summed E-state index contributed by atoms with van der Waals surface area (Å²) < 4.78 is 5.44. The van der Waals surface area contributed by atoms with Gasteiger partial charge in [-0.1, -0.05) is 25.8 Å². The van der Waals surface area contributed by atoms with Crippen LogP contribution in [0.1, 0.15) is 64.1 Å². The molecule has 1 saturated carbocycles. The van der Waals surface area contributed by atoms with Crippen molar-refractivity contribution in [1.29, 1.82) is 0 Å². The van der Waals surface area contributed by atoms with E-state index in [1.807, 2.05) is 13.0 Å². The minimum absolute atomic E-state index is 0.0769. The lowest BCUT2D eigenvalue weighted by atomic mass is 9.73. The standard InChI is InChI=1S/C22H29N3O4/c1-16-8-5-6-12-22(16)20(27)25(21(28)23-22)15-19(26)24(14-18-11-7-13-29-18)17-9-3-2-4-10-17/h7,9,11,13,16H,2-6,8,10,12,14-15H2,1H3,(H,23,28)/t16-,22+/m1/s1. The lowest BCUT2D eigenvalue weighted by molar-refractivity contribution is -0.140. The van der Waals surface area contributed by atoms with E-state index in [9.17, 15) is 14.4 Å². The highest BCUT2D eigenvalue weighted by Gasteiger charge is 2.55. The van der Waals surface area contributed by atoms with Crippen LogP contribution in [0.4, 0.5) is 4.79 Å². The predicted molar refractivity (Wildman–Crippen MR) is 106 cm³/mol. The monoisotopic (exact) mass is 399 g/mol. The van der Waals surface area contributed by atoms with Crippen molar-refractivity contribution in [2.75, 3.05) is 6.54 Å². The molecule has 1 aromatic rings. The van der Waals surface area contributed by atoms with Crippen LogP contribution in [0.15, 0.2) is 34.6 Å². The molecule has 29 heavy (non-hydrogen) atoms. The molecule has 156 valence electrons. The van der Waals surface area contributed by atoms with E-state index in [1.165, 1.54) is 0 Å². The summed E-state index contributed by atoms with van der Waals surface area (Å²) in [5.74, 6) is 0.254. The van der Waals surface area contributed by atoms with Gasteiger partial charge < -0.3 is 14.6 Å². The number of hydrogen-bond acceptors (Lipinski definition) is 4. The van der Waals surface area contributed by atoms with Crippen molar-refractivity contribution in [1.82, 2.24) is 15.1 Å². The summed E-state index contributed by atoms with van der Waals surface area (Å²) in [6.45, 7) is 2.08. The molecule has 2 fully saturated rings. The van der Waals surface area contributed by atoms with Gasteiger partial charge in [-0.25, -0.2) is 4.79 Å². The van der Waals surface area contributed by atoms with Gasteiger partial charge in [0.05, 0.1) is 12.8 Å². The molecule has 7 heteroatoms. The topological polar surface area (TPSA) is 82.9 Å². The van der Waals surface area contributed by atoms with Gasteiger partial charge in [0.2, 0.25) is 5.91 Å². The number of carbonyl (C=O) groups excluding carboxylic acids is 3. The highest BCUT2D eigenvalue weighted by Crippen LogP contribution is 2.38. The first kappa shape index (κ1) is 19.7. The average molecular weight is 399 g/mol. The minimum Gasteiger partial charge on any atom is -0.467 e. The molecule has 1 aliphatic heterocycles. The van der Waals surface area contributed by atoms with E-state index in [0.717, 1.165) is 55.5 Å². The summed E-state index contributed by atoms with van der Waals surface area (Å²) in [6.07, 6.45) is 11.1. The van der Waals surface area contributed by atoms with Gasteiger partial charge in [0.1, 0.15) is 17.8 Å². The van der Waals surface area contributed by atoms with Crippen LogP contribution in [0.2, 0.25) is 0 Å². The Morgan fingerprint density at radius 1 is 1.31 bits per heavy atom. The molecule has 2 aliphatic carbocycles. The second kappa shape index (κ2) is 8.05. The second-order valence-electron chi connectivity index (χ2n) is 8.44. The first-order valence-corrected chi connectivity index (χ1v) is 10.7. The molecule has 4 amide bonds. The van der Waals surface area contributed by atoms with Crippen molar-refractivity contribution in [2.24, 2.45) is 5.92 Å². The second-order valence-corrected chi connectivity index (χ2v) is 8.44. The molecule has 1 N–H and O–H groups in total. The van der Waals surface area contributed by atoms with Crippen LogP contribution in [-0.4, -0.2) is 39.7 Å². The maximum atomic E-state index is 13.2. The van der Waals surface area contributed by atoms with Crippen LogP contribution in [0.25, 0.3) is 0 Å². The summed E-state index contributed by atoms with van der Waals surface area (Å²) in [7, 11) is 0. The molecule has 0 bridgehead atoms. The number of allylic oxidation sites excluding steroid dienone is 2. The molecule has 7 nitrogen and oxygen atoms in total. The van der Waals surface area contributed by atoms with E-state index in [2.05, 4.69) is 11.4 Å². The minimum atomic E-state index is -0.842. The van der Waals surface area contributed by atoms with Crippen molar-refractivity contribution in [2.45, 2.75) is 70.4 Å². The molecule has 1 spiro atoms. The van der Waals surface area contributed by atoms with E-state index in [-0.39, 0.29) is 24.3 Å². The van der Waals surface area contributed by atoms with E-state index in [0.29, 0.717) is 18.7 Å². The van der Waals surface area contributed by atoms with Crippen LogP contribution >= 0.6 is 0 Å². The lowest BCUT2D eigenvalue weighted by Gasteiger charge is -2.37. The van der Waals surface area contributed by atoms with E-state index >= 15 is 0 Å². The molecule has 2 atom stereocenters. The Morgan fingerprint density at radius 2 is 2.17 bits per heavy atom. The fraction of sp³-hybridized carbons (Fsp3) is 0.591. The molecule has 3 aliphatic rings. The lowest BCUT2D eigenvalue weighted by Crippen LogP contribution is -2.54. The highest BCUT2D eigenvalue weighted by molar-refractivity contribution is 6.09. The molecule has 4 rings (SSSR count). The van der Waals surface area contributed by atoms with Crippen molar-refractivity contribution in [3.8, 4) is 0 Å². The van der Waals surface area contributed by atoms with Gasteiger partial charge in [-0.15, -0.1) is 0 Å². The molecule has 1 aromatic heterocycles. The third kappa shape index (κ3) is 3.70. The third-order valence-electron chi connectivity index (χ3n) is 6.60. The molecule has 1 saturated heterocycles. The number of carbonyl (C=O) groups is 3. The smallest absolute Gasteiger partial charge is 0.325 e. The van der Waals surface area contributed by atoms with Gasteiger partial charge in [0, 0.05) is 5.70 Å². The Labute approximate surface area is 171 Å². The van der Waals surface area contributed by atoms with Gasteiger partial charge in [0.25, 0.3) is 5.91 Å². The van der Waals surface area contributed by atoms with Crippen LogP contribution in [-0.2, 0) is 16.1 Å². The van der Waals surface area contributed by atoms with E-state index in [4.69, 9.17) is 4.42 Å². The molecule has 0 radical (unpaired) electrons. The van der Waals surface area contributed by atoms with Crippen LogP contribution in [0, 0.1) is 5.92 Å². The quantitative estimate of drug-likeness (QED) is 0.768. The van der Waals surface area contributed by atoms with E-state index in [1.54, 1.807) is 17.2 Å². The zero-order chi connectivity index (χ0) is 20.4. The number of hydrogen-bond donors (Lipinski definition) is 1. The first-order valence-electron chi connectivity index (χ1n) is 10.7. The summed E-state index contributed by atoms with van der Waals surface area (Å²) in [6, 6.07) is 3.17. The van der Waals surface area contributed by atoms with Crippen molar-refractivity contribution < 1.29 is 18.8 Å². The Kier molecular flexibility index (Phi) is 5.48. The molecule has 0 unspecified atom stereocenters. The normalized spacial score (nSPS) is 27.1. The maximum absolute atomic E-state index is 13.2. The van der Waals surface area contributed by atoms with Crippen LogP contribution in [0.5, 0.6) is 0 Å². The SMILES string of the molecule is C[C@@H]1CCCC[C@]12NC(=O)N(CC(=O)N(Cc1ccco1)C1=CCCCC1)C2=O. The van der Waals surface area contributed by atoms with Gasteiger partial charge in [-0.05, 0) is 56.6 Å². The predicted octanol–water partition coefficient (Wildman–Crippen LogP) is 3.57. The van der Waals surface area contributed by atoms with Gasteiger partial charge in [-0.2, -0.15) is 0 Å². The fourth-order valence-electron chi connectivity index (χ4n) is 4.83. The average Bonchev–Trinajstić information content (AvgIpc) is 3.32. The number of imide groups is 1. The number of nitrogens with one attached hydrogen (secondary N) is 1. The molecule has 2 heterocycles. The summed E-state index contributed by atoms with van der Waals surface area (Å²) >= 11 is 0. The van der Waals surface area contributed by atoms with Gasteiger partial charge in [-0.3, -0.25) is 14.5 Å². The van der Waals surface area contributed by atoms with Crippen molar-refractivity contribution in [3.63, 3.8) is 0 Å². The molecule has 0 aromatic carbocycles. The molecular weight excluding hydrogens is 370 g/mol. The summed E-state index contributed by atoms with van der Waals surface area (Å²) in [5.41, 5.74) is 0.108. The molecular formula is C22H29N3O4. The zero-order valence-corrected chi connectivity index (χ0v) is 17.0. The number of furan rings is 1. The highest BCUT2D eigenvalue weighted by atomic mass is 16.3. The largest absolute Gasteiger partial charge is 0.467 e. The Bertz CT molecular complexity index is 816. The maximum Gasteiger partial charge on any atom is 0.325 e. The van der Waals surface area contributed by atoms with Crippen molar-refractivity contribution in [3.05, 3.63) is 35.9 Å². The zero-order valence-electron chi connectivity index (χ0n) is 17.0. The van der Waals surface area contributed by atoms with Gasteiger partial charge >= 0.3 is 6.03 Å².